The molecule has 0 unspecified atom stereocenters. The molecule has 148 valence electrons. The Morgan fingerprint density at radius 1 is 1.14 bits per heavy atom. The number of amides is 1. The number of nitrogens with two attached hydrogens (primary N) is 1. The van der Waals surface area contributed by atoms with Gasteiger partial charge in [0.2, 0.25) is 5.91 Å². The molecule has 0 radical (unpaired) electrons. The lowest BCUT2D eigenvalue weighted by atomic mass is 10.1. The van der Waals surface area contributed by atoms with Crippen LogP contribution in [0, 0.1) is 0 Å². The summed E-state index contributed by atoms with van der Waals surface area (Å²) < 4.78 is 9.80. The molecule has 9 nitrogen and oxygen atoms in total. The number of hydrogen-bond acceptors (Lipinski definition) is 5. The van der Waals surface area contributed by atoms with Gasteiger partial charge in [-0.25, -0.2) is 9.78 Å². The van der Waals surface area contributed by atoms with Crippen molar-refractivity contribution in [3.8, 4) is 0 Å². The standard InChI is InChI=1S/C19H23N5O4/c1-4-9-28-11-14-21-17-15(18(26)23(3)19(27)22(17)2)24(14)10-12-5-7-13(8-6-12)16(20)25/h5-8H,4,9-11H2,1-3H3,(H2,20,25). The summed E-state index contributed by atoms with van der Waals surface area (Å²) in [7, 11) is 3.02. The predicted octanol–water partition coefficient (Wildman–Crippen LogP) is 0.508. The lowest BCUT2D eigenvalue weighted by Gasteiger charge is -2.10. The molecule has 0 saturated carbocycles. The van der Waals surface area contributed by atoms with Gasteiger partial charge in [-0.2, -0.15) is 0 Å². The smallest absolute Gasteiger partial charge is 0.332 e. The lowest BCUT2D eigenvalue weighted by molar-refractivity contribution is 0.100. The molecule has 28 heavy (non-hydrogen) atoms. The molecule has 2 aromatic heterocycles. The minimum atomic E-state index is -0.503. The van der Waals surface area contributed by atoms with Gasteiger partial charge in [0.15, 0.2) is 11.2 Å². The molecule has 0 saturated heterocycles. The second kappa shape index (κ2) is 7.81. The molecule has 2 N–H and O–H groups in total. The minimum absolute atomic E-state index is 0.221. The van der Waals surface area contributed by atoms with Crippen molar-refractivity contribution in [3.05, 3.63) is 62.1 Å². The normalized spacial score (nSPS) is 11.2. The maximum atomic E-state index is 12.8. The molecule has 0 bridgehead atoms. The summed E-state index contributed by atoms with van der Waals surface area (Å²) in [6.45, 7) is 3.13. The Morgan fingerprint density at radius 2 is 1.82 bits per heavy atom. The molecule has 1 amide bonds. The van der Waals surface area contributed by atoms with Crippen LogP contribution < -0.4 is 17.0 Å². The van der Waals surface area contributed by atoms with E-state index in [2.05, 4.69) is 4.98 Å². The van der Waals surface area contributed by atoms with Crippen molar-refractivity contribution in [2.75, 3.05) is 6.61 Å². The maximum Gasteiger partial charge on any atom is 0.332 e. The Balaban J connectivity index is 2.14. The van der Waals surface area contributed by atoms with Crippen molar-refractivity contribution >= 4 is 17.1 Å². The number of ether oxygens (including phenoxy) is 1. The highest BCUT2D eigenvalue weighted by atomic mass is 16.5. The maximum absolute atomic E-state index is 12.8. The first-order chi connectivity index (χ1) is 13.3. The van der Waals surface area contributed by atoms with Crippen LogP contribution in [-0.2, 0) is 32.0 Å². The summed E-state index contributed by atoms with van der Waals surface area (Å²) in [5.41, 5.74) is 6.35. The number of carbonyl (C=O) groups is 1. The zero-order chi connectivity index (χ0) is 20.4. The fraction of sp³-hybridized carbons (Fsp3) is 0.368. The van der Waals surface area contributed by atoms with E-state index in [4.69, 9.17) is 10.5 Å². The van der Waals surface area contributed by atoms with E-state index < -0.39 is 17.2 Å². The number of benzene rings is 1. The van der Waals surface area contributed by atoms with Crippen LogP contribution in [0.2, 0.25) is 0 Å². The van der Waals surface area contributed by atoms with E-state index in [-0.39, 0.29) is 6.61 Å². The van der Waals surface area contributed by atoms with Crippen LogP contribution >= 0.6 is 0 Å². The van der Waals surface area contributed by atoms with Crippen LogP contribution in [0.5, 0.6) is 0 Å². The van der Waals surface area contributed by atoms with Gasteiger partial charge in [0, 0.05) is 32.8 Å². The van der Waals surface area contributed by atoms with Crippen molar-refractivity contribution in [2.24, 2.45) is 19.8 Å². The van der Waals surface area contributed by atoms with Crippen LogP contribution in [0.1, 0.15) is 35.1 Å². The van der Waals surface area contributed by atoms with Crippen molar-refractivity contribution in [3.63, 3.8) is 0 Å². The predicted molar refractivity (Wildman–Crippen MR) is 104 cm³/mol. The number of primary amides is 1. The Labute approximate surface area is 161 Å². The Hall–Kier alpha value is -3.20. The second-order valence-corrected chi connectivity index (χ2v) is 6.61. The Bertz CT molecular complexity index is 1140. The van der Waals surface area contributed by atoms with Crippen LogP contribution in [0.4, 0.5) is 0 Å². The molecule has 0 aliphatic carbocycles. The SMILES string of the molecule is CCCOCc1nc2c(c(=O)n(C)c(=O)n2C)n1Cc1ccc(C(N)=O)cc1. The number of aryl methyl sites for hydroxylation is 1. The van der Waals surface area contributed by atoms with Gasteiger partial charge in [-0.15, -0.1) is 0 Å². The molecule has 0 fully saturated rings. The number of rotatable bonds is 7. The Kier molecular flexibility index (Phi) is 5.46. The second-order valence-electron chi connectivity index (χ2n) is 6.61. The topological polar surface area (TPSA) is 114 Å². The first kappa shape index (κ1) is 19.6. The summed E-state index contributed by atoms with van der Waals surface area (Å²) >= 11 is 0. The highest BCUT2D eigenvalue weighted by Crippen LogP contribution is 2.16. The van der Waals surface area contributed by atoms with E-state index in [9.17, 15) is 14.4 Å². The Morgan fingerprint density at radius 3 is 2.43 bits per heavy atom. The average Bonchev–Trinajstić information content (AvgIpc) is 3.04. The average molecular weight is 385 g/mol. The van der Waals surface area contributed by atoms with Gasteiger partial charge in [-0.3, -0.25) is 18.7 Å². The van der Waals surface area contributed by atoms with Gasteiger partial charge in [0.1, 0.15) is 12.4 Å². The molecular weight excluding hydrogens is 362 g/mol. The molecule has 0 atom stereocenters. The van der Waals surface area contributed by atoms with Crippen LogP contribution in [0.25, 0.3) is 11.2 Å². The molecule has 2 heterocycles. The fourth-order valence-corrected chi connectivity index (χ4v) is 3.04. The molecule has 3 rings (SSSR count). The first-order valence-electron chi connectivity index (χ1n) is 8.96. The molecule has 0 aliphatic heterocycles. The van der Waals surface area contributed by atoms with Crippen molar-refractivity contribution in [1.82, 2.24) is 18.7 Å². The number of hydrogen-bond donors (Lipinski definition) is 1. The number of aromatic nitrogens is 4. The quantitative estimate of drug-likeness (QED) is 0.595. The third-order valence-electron chi connectivity index (χ3n) is 4.59. The summed E-state index contributed by atoms with van der Waals surface area (Å²) in [6, 6.07) is 6.82. The monoisotopic (exact) mass is 385 g/mol. The third kappa shape index (κ3) is 3.48. The van der Waals surface area contributed by atoms with Gasteiger partial charge in [-0.1, -0.05) is 19.1 Å². The van der Waals surface area contributed by atoms with Gasteiger partial charge in [0.25, 0.3) is 5.56 Å². The third-order valence-corrected chi connectivity index (χ3v) is 4.59. The van der Waals surface area contributed by atoms with Gasteiger partial charge in [0.05, 0.1) is 0 Å². The lowest BCUT2D eigenvalue weighted by Crippen LogP contribution is -2.37. The van der Waals surface area contributed by atoms with Crippen LogP contribution in [-0.4, -0.2) is 31.2 Å². The highest BCUT2D eigenvalue weighted by molar-refractivity contribution is 5.92. The zero-order valence-corrected chi connectivity index (χ0v) is 16.1. The summed E-state index contributed by atoms with van der Waals surface area (Å²) in [4.78, 5) is 40.8. The van der Waals surface area contributed by atoms with E-state index in [1.807, 2.05) is 6.92 Å². The molecule has 3 aromatic rings. The highest BCUT2D eigenvalue weighted by Gasteiger charge is 2.19. The van der Waals surface area contributed by atoms with Gasteiger partial charge in [-0.05, 0) is 24.1 Å². The van der Waals surface area contributed by atoms with Crippen LogP contribution in [0.15, 0.2) is 33.9 Å². The number of imidazole rings is 1. The van der Waals surface area contributed by atoms with E-state index >= 15 is 0 Å². The molecule has 1 aromatic carbocycles. The molecule has 0 aliphatic rings. The largest absolute Gasteiger partial charge is 0.374 e. The summed E-state index contributed by atoms with van der Waals surface area (Å²) in [6.07, 6.45) is 0.856. The summed E-state index contributed by atoms with van der Waals surface area (Å²) in [5, 5.41) is 0. The van der Waals surface area contributed by atoms with E-state index in [1.165, 1.54) is 11.6 Å². The van der Waals surface area contributed by atoms with Gasteiger partial charge >= 0.3 is 5.69 Å². The van der Waals surface area contributed by atoms with E-state index in [0.29, 0.717) is 35.7 Å². The van der Waals surface area contributed by atoms with Gasteiger partial charge < -0.3 is 15.0 Å². The minimum Gasteiger partial charge on any atom is -0.374 e. The van der Waals surface area contributed by atoms with Crippen LogP contribution in [0.3, 0.4) is 0 Å². The van der Waals surface area contributed by atoms with E-state index in [0.717, 1.165) is 16.6 Å². The van der Waals surface area contributed by atoms with E-state index in [1.54, 1.807) is 35.9 Å². The molecule has 0 spiro atoms. The number of fused-ring (bicyclic) bond motifs is 1. The van der Waals surface area contributed by atoms with Crippen molar-refractivity contribution < 1.29 is 9.53 Å². The number of nitrogens with zero attached hydrogens (tertiary/aromatic N) is 4. The number of carbonyl (C=O) groups excluding carboxylic acids is 1. The molecule has 9 heteroatoms. The van der Waals surface area contributed by atoms with Crippen molar-refractivity contribution in [2.45, 2.75) is 26.5 Å². The first-order valence-corrected chi connectivity index (χ1v) is 8.96. The zero-order valence-electron chi connectivity index (χ0n) is 16.1. The molecular formula is C19H23N5O4. The summed E-state index contributed by atoms with van der Waals surface area (Å²) in [5.74, 6) is 0.0536. The van der Waals surface area contributed by atoms with Crippen molar-refractivity contribution in [1.29, 1.82) is 0 Å². The fourth-order valence-electron chi connectivity index (χ4n) is 3.04.